The lowest BCUT2D eigenvalue weighted by Crippen LogP contribution is -2.10. The summed E-state index contributed by atoms with van der Waals surface area (Å²) in [6, 6.07) is 0. The highest BCUT2D eigenvalue weighted by atomic mass is 32.1. The number of rotatable bonds is 6. The van der Waals surface area contributed by atoms with E-state index in [2.05, 4.69) is 26.1 Å². The molecule has 0 aliphatic rings. The summed E-state index contributed by atoms with van der Waals surface area (Å²) >= 11 is 8.61. The van der Waals surface area contributed by atoms with Crippen LogP contribution < -0.4 is 0 Å². The van der Waals surface area contributed by atoms with Crippen LogP contribution in [-0.2, 0) is 4.74 Å². The van der Waals surface area contributed by atoms with Crippen molar-refractivity contribution < 1.29 is 4.74 Å². The summed E-state index contributed by atoms with van der Waals surface area (Å²) in [4.78, 5) is 0. The number of hydrogen-bond acceptors (Lipinski definition) is 2. The van der Waals surface area contributed by atoms with E-state index in [1.807, 2.05) is 0 Å². The maximum absolute atomic E-state index is 5.22. The van der Waals surface area contributed by atoms with E-state index in [1.165, 1.54) is 12.8 Å². The van der Waals surface area contributed by atoms with E-state index in [9.17, 15) is 0 Å². The van der Waals surface area contributed by atoms with Gasteiger partial charge in [0.05, 0.1) is 0 Å². The molecule has 0 aliphatic carbocycles. The number of hydrogen-bond donors (Lipinski definition) is 1. The van der Waals surface area contributed by atoms with Gasteiger partial charge in [0.15, 0.2) is 0 Å². The monoisotopic (exact) mass is 204 g/mol. The molecule has 0 spiro atoms. The molecule has 0 saturated carbocycles. The second-order valence-corrected chi connectivity index (χ2v) is 3.73. The van der Waals surface area contributed by atoms with E-state index in [-0.39, 0.29) is 6.10 Å². The largest absolute Gasteiger partial charge is 0.471 e. The van der Waals surface area contributed by atoms with Crippen molar-refractivity contribution in [2.75, 3.05) is 0 Å². The lowest BCUT2D eigenvalue weighted by molar-refractivity contribution is 0.235. The van der Waals surface area contributed by atoms with Crippen LogP contribution in [0.3, 0.4) is 0 Å². The van der Waals surface area contributed by atoms with Crippen molar-refractivity contribution in [1.82, 2.24) is 0 Å². The normalized spacial score (nSPS) is 12.2. The van der Waals surface area contributed by atoms with Crippen molar-refractivity contribution in [3.05, 3.63) is 12.7 Å². The summed E-state index contributed by atoms with van der Waals surface area (Å²) in [6.07, 6.45) is 6.41. The zero-order valence-corrected chi connectivity index (χ0v) is 9.16. The van der Waals surface area contributed by atoms with E-state index in [4.69, 9.17) is 17.0 Å². The van der Waals surface area contributed by atoms with Gasteiger partial charge >= 0.3 is 0 Å². The smallest absolute Gasteiger partial charge is 0.217 e. The van der Waals surface area contributed by atoms with Crippen LogP contribution in [0.5, 0.6) is 0 Å². The van der Waals surface area contributed by atoms with E-state index >= 15 is 0 Å². The Morgan fingerprint density at radius 2 is 2.33 bits per heavy atom. The second-order valence-electron chi connectivity index (χ2n) is 2.65. The zero-order chi connectivity index (χ0) is 9.40. The average molecular weight is 204 g/mol. The van der Waals surface area contributed by atoms with E-state index < -0.39 is 0 Å². The minimum Gasteiger partial charge on any atom is -0.471 e. The molecule has 1 nitrogen and oxygen atoms in total. The molecule has 0 heterocycles. The van der Waals surface area contributed by atoms with Crippen LogP contribution in [0.25, 0.3) is 0 Å². The topological polar surface area (TPSA) is 9.23 Å². The quantitative estimate of drug-likeness (QED) is 0.307. The fourth-order valence-electron chi connectivity index (χ4n) is 0.950. The maximum atomic E-state index is 5.22. The highest BCUT2D eigenvalue weighted by Gasteiger charge is 2.04. The Morgan fingerprint density at radius 3 is 2.75 bits per heavy atom. The summed E-state index contributed by atoms with van der Waals surface area (Å²) in [5.41, 5.74) is 0. The Labute approximate surface area is 85.6 Å². The van der Waals surface area contributed by atoms with Crippen LogP contribution in [0.4, 0.5) is 0 Å². The Bertz CT molecular complexity index is 145. The van der Waals surface area contributed by atoms with Crippen LogP contribution in [0.2, 0.25) is 0 Å². The number of thiol groups is 1. The molecule has 3 heteroatoms. The maximum Gasteiger partial charge on any atom is 0.217 e. The number of thiocarbonyl (C=S) groups is 1. The van der Waals surface area contributed by atoms with Gasteiger partial charge in [0.1, 0.15) is 6.10 Å². The standard InChI is InChI=1S/C9H16OS2/c1-3-5-6-7-8(4-2)10-9(11)12/h4,8H,2-3,5-7H2,1H3,(H,11,12). The minimum absolute atomic E-state index is 0.0431. The molecule has 1 unspecified atom stereocenters. The first-order valence-corrected chi connectivity index (χ1v) is 5.08. The molecule has 0 amide bonds. The van der Waals surface area contributed by atoms with Gasteiger partial charge in [0.25, 0.3) is 0 Å². The first-order chi connectivity index (χ1) is 5.70. The van der Waals surface area contributed by atoms with Gasteiger partial charge in [-0.25, -0.2) is 0 Å². The molecule has 0 radical (unpaired) electrons. The summed E-state index contributed by atoms with van der Waals surface area (Å²) < 4.78 is 5.53. The average Bonchev–Trinajstić information content (AvgIpc) is 2.02. The van der Waals surface area contributed by atoms with Crippen LogP contribution in [0, 0.1) is 0 Å². The third-order valence-corrected chi connectivity index (χ3v) is 1.81. The second kappa shape index (κ2) is 7.62. The molecule has 0 bridgehead atoms. The summed E-state index contributed by atoms with van der Waals surface area (Å²) in [6.45, 7) is 5.85. The van der Waals surface area contributed by atoms with Gasteiger partial charge < -0.3 is 4.74 Å². The van der Waals surface area contributed by atoms with Crippen LogP contribution in [0.1, 0.15) is 32.6 Å². The van der Waals surface area contributed by atoms with E-state index in [0.29, 0.717) is 4.38 Å². The van der Waals surface area contributed by atoms with Gasteiger partial charge in [-0.3, -0.25) is 0 Å². The van der Waals surface area contributed by atoms with Gasteiger partial charge in [0.2, 0.25) is 4.38 Å². The van der Waals surface area contributed by atoms with Crippen molar-refractivity contribution in [3.63, 3.8) is 0 Å². The highest BCUT2D eigenvalue weighted by Crippen LogP contribution is 2.09. The molecular formula is C9H16OS2. The summed E-state index contributed by atoms with van der Waals surface area (Å²) in [7, 11) is 0. The van der Waals surface area contributed by atoms with Gasteiger partial charge in [-0.2, -0.15) is 0 Å². The van der Waals surface area contributed by atoms with Crippen molar-refractivity contribution in [1.29, 1.82) is 0 Å². The van der Waals surface area contributed by atoms with Crippen LogP contribution in [-0.4, -0.2) is 10.5 Å². The molecule has 12 heavy (non-hydrogen) atoms. The van der Waals surface area contributed by atoms with E-state index in [0.717, 1.165) is 12.8 Å². The molecule has 0 fully saturated rings. The third-order valence-electron chi connectivity index (χ3n) is 1.61. The summed E-state index contributed by atoms with van der Waals surface area (Å²) in [5, 5.41) is 0. The molecule has 0 aromatic heterocycles. The number of unbranched alkanes of at least 4 members (excludes halogenated alkanes) is 2. The Hall–Kier alpha value is -0.0200. The van der Waals surface area contributed by atoms with Gasteiger partial charge in [-0.1, -0.05) is 45.0 Å². The molecule has 0 aromatic rings. The van der Waals surface area contributed by atoms with Gasteiger partial charge in [-0.05, 0) is 25.1 Å². The van der Waals surface area contributed by atoms with Gasteiger partial charge in [0, 0.05) is 0 Å². The third kappa shape index (κ3) is 6.68. The molecule has 70 valence electrons. The van der Waals surface area contributed by atoms with Crippen LogP contribution >= 0.6 is 24.8 Å². The Morgan fingerprint density at radius 1 is 1.67 bits per heavy atom. The lowest BCUT2D eigenvalue weighted by Gasteiger charge is -2.12. The molecule has 0 saturated heterocycles. The zero-order valence-electron chi connectivity index (χ0n) is 7.45. The fraction of sp³-hybridized carbons (Fsp3) is 0.667. The van der Waals surface area contributed by atoms with E-state index in [1.54, 1.807) is 6.08 Å². The molecule has 0 rings (SSSR count). The number of ether oxygens (including phenoxy) is 1. The Balaban J connectivity index is 3.53. The predicted molar refractivity (Wildman–Crippen MR) is 60.8 cm³/mol. The SMILES string of the molecule is C=CC(CCCCC)OC(=S)S. The van der Waals surface area contributed by atoms with Crippen molar-refractivity contribution in [2.24, 2.45) is 0 Å². The van der Waals surface area contributed by atoms with Crippen molar-refractivity contribution in [3.8, 4) is 0 Å². The molecule has 1 atom stereocenters. The predicted octanol–water partition coefficient (Wildman–Crippen LogP) is 3.35. The fourth-order valence-corrected chi connectivity index (χ4v) is 1.21. The molecular weight excluding hydrogens is 188 g/mol. The molecule has 0 N–H and O–H groups in total. The molecule has 0 aromatic carbocycles. The van der Waals surface area contributed by atoms with Crippen LogP contribution in [0.15, 0.2) is 12.7 Å². The first-order valence-electron chi connectivity index (χ1n) is 4.22. The molecule has 0 aliphatic heterocycles. The van der Waals surface area contributed by atoms with Crippen molar-refractivity contribution >= 4 is 29.2 Å². The first kappa shape index (κ1) is 12.0. The Kier molecular flexibility index (Phi) is 7.61. The van der Waals surface area contributed by atoms with Gasteiger partial charge in [-0.15, -0.1) is 0 Å². The minimum atomic E-state index is 0.0431. The highest BCUT2D eigenvalue weighted by molar-refractivity contribution is 8.10. The lowest BCUT2D eigenvalue weighted by atomic mass is 10.1. The van der Waals surface area contributed by atoms with Crippen molar-refractivity contribution in [2.45, 2.75) is 38.7 Å². The summed E-state index contributed by atoms with van der Waals surface area (Å²) in [5.74, 6) is 0.